The monoisotopic (exact) mass is 288 g/mol. The average Bonchev–Trinajstić information content (AvgIpc) is 2.90. The van der Waals surface area contributed by atoms with Gasteiger partial charge in [-0.3, -0.25) is 0 Å². The molecule has 0 amide bonds. The fourth-order valence-electron chi connectivity index (χ4n) is 1.46. The van der Waals surface area contributed by atoms with Crippen LogP contribution in [0, 0.1) is 9.49 Å². The van der Waals surface area contributed by atoms with Crippen molar-refractivity contribution in [3.63, 3.8) is 0 Å². The molecular formula is C10H13IN2. The van der Waals surface area contributed by atoms with Crippen LogP contribution in [0.4, 0.5) is 5.82 Å². The van der Waals surface area contributed by atoms with Crippen LogP contribution in [0.25, 0.3) is 0 Å². The van der Waals surface area contributed by atoms with Crippen molar-refractivity contribution in [3.05, 3.63) is 21.4 Å². The van der Waals surface area contributed by atoms with Gasteiger partial charge in [0.2, 0.25) is 0 Å². The number of nitrogens with two attached hydrogens (primary N) is 1. The summed E-state index contributed by atoms with van der Waals surface area (Å²) in [6, 6.07) is 2.00. The van der Waals surface area contributed by atoms with Crippen molar-refractivity contribution in [3.8, 4) is 0 Å². The fourth-order valence-corrected chi connectivity index (χ4v) is 2.02. The summed E-state index contributed by atoms with van der Waals surface area (Å²) < 4.78 is 1.24. The highest BCUT2D eigenvalue weighted by Crippen LogP contribution is 2.34. The first-order valence-electron chi connectivity index (χ1n) is 4.65. The molecule has 1 saturated carbocycles. The second-order valence-corrected chi connectivity index (χ2v) is 4.84. The molecule has 1 fully saturated rings. The minimum absolute atomic E-state index is 0.645. The largest absolute Gasteiger partial charge is 0.384 e. The molecule has 0 aromatic carbocycles. The van der Waals surface area contributed by atoms with E-state index in [1.54, 1.807) is 0 Å². The van der Waals surface area contributed by atoms with Gasteiger partial charge in [0.05, 0.1) is 0 Å². The molecule has 0 bridgehead atoms. The lowest BCUT2D eigenvalue weighted by Crippen LogP contribution is -1.96. The topological polar surface area (TPSA) is 38.9 Å². The molecule has 1 aliphatic rings. The lowest BCUT2D eigenvalue weighted by molar-refractivity contribution is 0.724. The second kappa shape index (κ2) is 3.82. The van der Waals surface area contributed by atoms with Gasteiger partial charge in [-0.25, -0.2) is 4.98 Å². The van der Waals surface area contributed by atoms with E-state index in [1.807, 2.05) is 12.3 Å². The van der Waals surface area contributed by atoms with E-state index >= 15 is 0 Å². The van der Waals surface area contributed by atoms with Crippen molar-refractivity contribution < 1.29 is 0 Å². The Hall–Kier alpha value is -0.320. The van der Waals surface area contributed by atoms with Crippen LogP contribution in [0.3, 0.4) is 0 Å². The van der Waals surface area contributed by atoms with Crippen LogP contribution < -0.4 is 5.73 Å². The predicted octanol–water partition coefficient (Wildman–Crippen LogP) is 2.61. The minimum Gasteiger partial charge on any atom is -0.384 e. The Bertz CT molecular complexity index is 308. The van der Waals surface area contributed by atoms with Crippen LogP contribution in [-0.4, -0.2) is 4.98 Å². The van der Waals surface area contributed by atoms with Gasteiger partial charge in [-0.2, -0.15) is 0 Å². The zero-order chi connectivity index (χ0) is 9.26. The van der Waals surface area contributed by atoms with Gasteiger partial charge in [-0.15, -0.1) is 0 Å². The maximum Gasteiger partial charge on any atom is 0.123 e. The molecule has 2 nitrogen and oxygen atoms in total. The molecule has 70 valence electrons. The van der Waals surface area contributed by atoms with E-state index in [0.29, 0.717) is 5.82 Å². The van der Waals surface area contributed by atoms with E-state index in [9.17, 15) is 0 Å². The zero-order valence-electron chi connectivity index (χ0n) is 7.46. The van der Waals surface area contributed by atoms with Crippen molar-refractivity contribution in [2.45, 2.75) is 25.7 Å². The summed E-state index contributed by atoms with van der Waals surface area (Å²) >= 11 is 2.33. The number of anilines is 1. The highest BCUT2D eigenvalue weighted by molar-refractivity contribution is 14.1. The standard InChI is InChI=1S/C10H13IN2/c11-9-6-13-10(12)5-8(9)4-3-7-1-2-7/h5-7H,1-4H2,(H2,12,13). The summed E-state index contributed by atoms with van der Waals surface area (Å²) in [7, 11) is 0. The van der Waals surface area contributed by atoms with Gasteiger partial charge >= 0.3 is 0 Å². The van der Waals surface area contributed by atoms with Crippen LogP contribution >= 0.6 is 22.6 Å². The smallest absolute Gasteiger partial charge is 0.123 e. The van der Waals surface area contributed by atoms with E-state index < -0.39 is 0 Å². The van der Waals surface area contributed by atoms with Gasteiger partial charge in [0.1, 0.15) is 5.82 Å². The Labute approximate surface area is 92.1 Å². The molecule has 2 rings (SSSR count). The quantitative estimate of drug-likeness (QED) is 0.868. The van der Waals surface area contributed by atoms with Crippen LogP contribution in [0.2, 0.25) is 0 Å². The van der Waals surface area contributed by atoms with Gasteiger partial charge in [-0.05, 0) is 53.0 Å². The highest BCUT2D eigenvalue weighted by Gasteiger charge is 2.20. The van der Waals surface area contributed by atoms with Gasteiger partial charge < -0.3 is 5.73 Å². The summed E-state index contributed by atoms with van der Waals surface area (Å²) in [6.07, 6.45) is 7.20. The number of rotatable bonds is 3. The molecule has 0 aliphatic heterocycles. The van der Waals surface area contributed by atoms with E-state index in [4.69, 9.17) is 5.73 Å². The maximum atomic E-state index is 5.64. The Morgan fingerprint density at radius 1 is 1.54 bits per heavy atom. The summed E-state index contributed by atoms with van der Waals surface area (Å²) in [5.41, 5.74) is 7.00. The van der Waals surface area contributed by atoms with E-state index in [1.165, 1.54) is 28.4 Å². The average molecular weight is 288 g/mol. The fraction of sp³-hybridized carbons (Fsp3) is 0.500. The molecule has 0 unspecified atom stereocenters. The number of hydrogen-bond acceptors (Lipinski definition) is 2. The molecule has 0 spiro atoms. The van der Waals surface area contributed by atoms with Crippen molar-refractivity contribution in [2.24, 2.45) is 5.92 Å². The third kappa shape index (κ3) is 2.56. The molecule has 0 atom stereocenters. The summed E-state index contributed by atoms with van der Waals surface area (Å²) in [5, 5.41) is 0. The van der Waals surface area contributed by atoms with Gasteiger partial charge in [0.15, 0.2) is 0 Å². The number of hydrogen-bond donors (Lipinski definition) is 1. The van der Waals surface area contributed by atoms with Crippen LogP contribution in [0.1, 0.15) is 24.8 Å². The first-order valence-corrected chi connectivity index (χ1v) is 5.73. The van der Waals surface area contributed by atoms with E-state index in [2.05, 4.69) is 27.6 Å². The minimum atomic E-state index is 0.645. The van der Waals surface area contributed by atoms with E-state index in [-0.39, 0.29) is 0 Å². The molecule has 1 aliphatic carbocycles. The van der Waals surface area contributed by atoms with Crippen molar-refractivity contribution >= 4 is 28.4 Å². The van der Waals surface area contributed by atoms with Gasteiger partial charge in [0.25, 0.3) is 0 Å². The summed E-state index contributed by atoms with van der Waals surface area (Å²) in [6.45, 7) is 0. The first kappa shape index (κ1) is 9.24. The normalized spacial score (nSPS) is 16.1. The van der Waals surface area contributed by atoms with E-state index in [0.717, 1.165) is 12.3 Å². The Kier molecular flexibility index (Phi) is 2.71. The molecule has 0 radical (unpaired) electrons. The molecule has 3 heteroatoms. The molecule has 0 saturated heterocycles. The number of pyridine rings is 1. The Morgan fingerprint density at radius 2 is 2.31 bits per heavy atom. The van der Waals surface area contributed by atoms with Gasteiger partial charge in [-0.1, -0.05) is 12.8 Å². The second-order valence-electron chi connectivity index (χ2n) is 3.68. The number of nitrogens with zero attached hydrogens (tertiary/aromatic N) is 1. The number of aromatic nitrogens is 1. The van der Waals surface area contributed by atoms with Crippen molar-refractivity contribution in [2.75, 3.05) is 5.73 Å². The third-order valence-corrected chi connectivity index (χ3v) is 3.45. The van der Waals surface area contributed by atoms with Crippen LogP contribution in [-0.2, 0) is 6.42 Å². The van der Waals surface area contributed by atoms with Crippen LogP contribution in [0.15, 0.2) is 12.3 Å². The molecular weight excluding hydrogens is 275 g/mol. The van der Waals surface area contributed by atoms with Crippen LogP contribution in [0.5, 0.6) is 0 Å². The molecule has 2 N–H and O–H groups in total. The summed E-state index contributed by atoms with van der Waals surface area (Å²) in [5.74, 6) is 1.64. The maximum absolute atomic E-state index is 5.64. The summed E-state index contributed by atoms with van der Waals surface area (Å²) in [4.78, 5) is 4.05. The molecule has 13 heavy (non-hydrogen) atoms. The highest BCUT2D eigenvalue weighted by atomic mass is 127. The Morgan fingerprint density at radius 3 is 3.00 bits per heavy atom. The molecule has 1 aromatic rings. The lowest BCUT2D eigenvalue weighted by atomic mass is 10.1. The van der Waals surface area contributed by atoms with Crippen molar-refractivity contribution in [1.29, 1.82) is 0 Å². The number of nitrogen functional groups attached to an aromatic ring is 1. The lowest BCUT2D eigenvalue weighted by Gasteiger charge is -2.03. The third-order valence-electron chi connectivity index (χ3n) is 2.47. The number of aryl methyl sites for hydroxylation is 1. The molecule has 1 aromatic heterocycles. The zero-order valence-corrected chi connectivity index (χ0v) is 9.62. The first-order chi connectivity index (χ1) is 6.25. The number of halogens is 1. The Balaban J connectivity index is 2.03. The van der Waals surface area contributed by atoms with Gasteiger partial charge in [0, 0.05) is 9.77 Å². The van der Waals surface area contributed by atoms with Crippen molar-refractivity contribution in [1.82, 2.24) is 4.98 Å². The predicted molar refractivity (Wildman–Crippen MR) is 62.4 cm³/mol. The SMILES string of the molecule is Nc1cc(CCC2CC2)c(I)cn1. The molecule has 1 heterocycles.